The van der Waals surface area contributed by atoms with Gasteiger partial charge in [0.05, 0.1) is 17.5 Å². The van der Waals surface area contributed by atoms with E-state index >= 15 is 0 Å². The summed E-state index contributed by atoms with van der Waals surface area (Å²) in [6.45, 7) is 0.341. The van der Waals surface area contributed by atoms with Gasteiger partial charge in [0.15, 0.2) is 0 Å². The Morgan fingerprint density at radius 3 is 2.85 bits per heavy atom. The summed E-state index contributed by atoms with van der Waals surface area (Å²) < 4.78 is 13.5. The first-order chi connectivity index (χ1) is 12.4. The predicted molar refractivity (Wildman–Crippen MR) is 101 cm³/mol. The Kier molecular flexibility index (Phi) is 5.58. The highest BCUT2D eigenvalue weighted by Gasteiger charge is 2.19. The van der Waals surface area contributed by atoms with Crippen molar-refractivity contribution in [2.24, 2.45) is 0 Å². The summed E-state index contributed by atoms with van der Waals surface area (Å²) in [6.07, 6.45) is 0. The van der Waals surface area contributed by atoms with Crippen LogP contribution in [0.5, 0.6) is 0 Å². The molecule has 136 valence electrons. The number of nitrogens with zero attached hydrogens (tertiary/aromatic N) is 1. The molecule has 2 amide bonds. The van der Waals surface area contributed by atoms with Crippen molar-refractivity contribution in [1.82, 2.24) is 10.2 Å². The van der Waals surface area contributed by atoms with Gasteiger partial charge in [-0.2, -0.15) is 0 Å². The number of nitrogens with one attached hydrogen (secondary N) is 2. The van der Waals surface area contributed by atoms with Crippen LogP contribution in [0.15, 0.2) is 47.4 Å². The number of rotatable bonds is 5. The van der Waals surface area contributed by atoms with Crippen LogP contribution < -0.4 is 10.6 Å². The fraction of sp³-hybridized carbons (Fsp3) is 0.263. The number of likely N-dealkylation sites (N-methyl/N-ethyl adjacent to an activating group) is 1. The maximum Gasteiger partial charge on any atom is 0.251 e. The maximum absolute atomic E-state index is 13.5. The molecule has 0 spiro atoms. The molecule has 3 rings (SSSR count). The number of benzene rings is 2. The number of carbonyl (C=O) groups excluding carboxylic acids is 2. The van der Waals surface area contributed by atoms with Crippen LogP contribution in [0.4, 0.5) is 10.1 Å². The highest BCUT2D eigenvalue weighted by Crippen LogP contribution is 2.32. The second-order valence-electron chi connectivity index (χ2n) is 6.29. The minimum atomic E-state index is -0.302. The number of fused-ring (bicyclic) bond motifs is 1. The number of carbonyl (C=O) groups is 2. The highest BCUT2D eigenvalue weighted by molar-refractivity contribution is 8.00. The van der Waals surface area contributed by atoms with Gasteiger partial charge in [0, 0.05) is 17.0 Å². The quantitative estimate of drug-likeness (QED) is 0.846. The minimum Gasteiger partial charge on any atom is -0.350 e. The Hall–Kier alpha value is -2.38. The average molecular weight is 373 g/mol. The summed E-state index contributed by atoms with van der Waals surface area (Å²) in [5.74, 6) is -0.222. The van der Waals surface area contributed by atoms with Gasteiger partial charge in [-0.05, 0) is 50.0 Å². The van der Waals surface area contributed by atoms with E-state index < -0.39 is 0 Å². The Balaban J connectivity index is 1.71. The lowest BCUT2D eigenvalue weighted by atomic mass is 10.1. The van der Waals surface area contributed by atoms with Gasteiger partial charge in [0.1, 0.15) is 5.82 Å². The molecule has 0 fully saturated rings. The molecule has 0 aliphatic carbocycles. The number of amides is 2. The van der Waals surface area contributed by atoms with E-state index in [4.69, 9.17) is 0 Å². The number of anilines is 1. The molecule has 0 saturated heterocycles. The molecule has 0 bridgehead atoms. The van der Waals surface area contributed by atoms with E-state index in [9.17, 15) is 14.0 Å². The van der Waals surface area contributed by atoms with Crippen molar-refractivity contribution in [3.8, 4) is 0 Å². The van der Waals surface area contributed by atoms with E-state index in [1.807, 2.05) is 31.1 Å². The Morgan fingerprint density at radius 2 is 2.12 bits per heavy atom. The van der Waals surface area contributed by atoms with Gasteiger partial charge < -0.3 is 15.5 Å². The van der Waals surface area contributed by atoms with Crippen molar-refractivity contribution in [3.63, 3.8) is 0 Å². The zero-order valence-electron chi connectivity index (χ0n) is 14.6. The molecule has 5 nitrogen and oxygen atoms in total. The second kappa shape index (κ2) is 7.88. The number of thioether (sulfide) groups is 1. The lowest BCUT2D eigenvalue weighted by Gasteiger charge is -2.25. The first-order valence-electron chi connectivity index (χ1n) is 8.21. The van der Waals surface area contributed by atoms with Gasteiger partial charge in [0.2, 0.25) is 5.91 Å². The van der Waals surface area contributed by atoms with E-state index in [0.717, 1.165) is 10.5 Å². The number of halogens is 1. The normalized spacial score (nSPS) is 14.5. The van der Waals surface area contributed by atoms with Crippen LogP contribution in [-0.4, -0.2) is 43.1 Å². The van der Waals surface area contributed by atoms with Crippen molar-refractivity contribution in [1.29, 1.82) is 0 Å². The van der Waals surface area contributed by atoms with Crippen molar-refractivity contribution in [3.05, 3.63) is 59.4 Å². The van der Waals surface area contributed by atoms with Crippen molar-refractivity contribution >= 4 is 29.3 Å². The number of hydrogen-bond donors (Lipinski definition) is 2. The number of hydrogen-bond acceptors (Lipinski definition) is 4. The second-order valence-corrected chi connectivity index (χ2v) is 7.31. The van der Waals surface area contributed by atoms with Crippen molar-refractivity contribution < 1.29 is 14.0 Å². The standard InChI is InChI=1S/C19H20FN3O2S/c1-23(2)16(12-4-3-5-14(20)8-12)10-21-19(25)13-6-7-17-15(9-13)22-18(24)11-26-17/h3-9,16H,10-11H2,1-2H3,(H,21,25)(H,22,24)/t16-/m1/s1. The molecular formula is C19H20FN3O2S. The van der Waals surface area contributed by atoms with Gasteiger partial charge in [-0.3, -0.25) is 9.59 Å². The largest absolute Gasteiger partial charge is 0.350 e. The fourth-order valence-electron chi connectivity index (χ4n) is 2.83. The van der Waals surface area contributed by atoms with Crippen LogP contribution in [0.25, 0.3) is 0 Å². The molecule has 1 aliphatic heterocycles. The molecule has 0 saturated carbocycles. The minimum absolute atomic E-state index is 0.0705. The molecule has 0 radical (unpaired) electrons. The van der Waals surface area contributed by atoms with E-state index in [1.54, 1.807) is 18.2 Å². The lowest BCUT2D eigenvalue weighted by Crippen LogP contribution is -2.34. The van der Waals surface area contributed by atoms with Crippen molar-refractivity contribution in [2.45, 2.75) is 10.9 Å². The summed E-state index contributed by atoms with van der Waals surface area (Å²) >= 11 is 1.45. The van der Waals surface area contributed by atoms with Crippen LogP contribution in [-0.2, 0) is 4.79 Å². The predicted octanol–water partition coefficient (Wildman–Crippen LogP) is 2.90. The smallest absolute Gasteiger partial charge is 0.251 e. The fourth-order valence-corrected chi connectivity index (χ4v) is 3.62. The summed E-state index contributed by atoms with van der Waals surface area (Å²) in [5.41, 5.74) is 1.93. The van der Waals surface area contributed by atoms with Crippen LogP contribution >= 0.6 is 11.8 Å². The maximum atomic E-state index is 13.5. The molecule has 1 heterocycles. The van der Waals surface area contributed by atoms with Gasteiger partial charge in [-0.15, -0.1) is 11.8 Å². The van der Waals surface area contributed by atoms with E-state index in [-0.39, 0.29) is 23.7 Å². The topological polar surface area (TPSA) is 61.4 Å². The van der Waals surface area contributed by atoms with Crippen molar-refractivity contribution in [2.75, 3.05) is 31.7 Å². The molecule has 26 heavy (non-hydrogen) atoms. The Morgan fingerprint density at radius 1 is 1.31 bits per heavy atom. The van der Waals surface area contributed by atoms with Crippen LogP contribution in [0, 0.1) is 5.82 Å². The molecule has 2 aromatic carbocycles. The summed E-state index contributed by atoms with van der Waals surface area (Å²) in [4.78, 5) is 26.9. The van der Waals surface area contributed by atoms with Gasteiger partial charge >= 0.3 is 0 Å². The summed E-state index contributed by atoms with van der Waals surface area (Å²) in [6, 6.07) is 11.5. The zero-order chi connectivity index (χ0) is 18.7. The molecule has 2 N–H and O–H groups in total. The lowest BCUT2D eigenvalue weighted by molar-refractivity contribution is -0.113. The molecule has 0 aromatic heterocycles. The Labute approximate surface area is 156 Å². The molecule has 1 aliphatic rings. The SMILES string of the molecule is CN(C)[C@H](CNC(=O)c1ccc2c(c1)NC(=O)CS2)c1cccc(F)c1. The average Bonchev–Trinajstić information content (AvgIpc) is 2.61. The van der Waals surface area contributed by atoms with Crippen LogP contribution in [0.1, 0.15) is 22.0 Å². The van der Waals surface area contributed by atoms with Crippen LogP contribution in [0.2, 0.25) is 0 Å². The molecular weight excluding hydrogens is 353 g/mol. The van der Waals surface area contributed by atoms with E-state index in [0.29, 0.717) is 23.5 Å². The molecule has 1 atom stereocenters. The first-order valence-corrected chi connectivity index (χ1v) is 9.19. The molecule has 0 unspecified atom stereocenters. The third-order valence-corrected chi connectivity index (χ3v) is 5.26. The molecule has 7 heteroatoms. The molecule has 2 aromatic rings. The Bertz CT molecular complexity index is 841. The summed E-state index contributed by atoms with van der Waals surface area (Å²) in [5, 5.41) is 5.67. The summed E-state index contributed by atoms with van der Waals surface area (Å²) in [7, 11) is 3.76. The van der Waals surface area contributed by atoms with Gasteiger partial charge in [0.25, 0.3) is 5.91 Å². The van der Waals surface area contributed by atoms with Gasteiger partial charge in [-0.1, -0.05) is 12.1 Å². The monoisotopic (exact) mass is 373 g/mol. The highest BCUT2D eigenvalue weighted by atomic mass is 32.2. The third kappa shape index (κ3) is 4.23. The van der Waals surface area contributed by atoms with Crippen LogP contribution in [0.3, 0.4) is 0 Å². The first kappa shape index (κ1) is 18.4. The van der Waals surface area contributed by atoms with E-state index in [1.165, 1.54) is 23.9 Å². The third-order valence-electron chi connectivity index (χ3n) is 4.19. The van der Waals surface area contributed by atoms with E-state index in [2.05, 4.69) is 10.6 Å². The zero-order valence-corrected chi connectivity index (χ0v) is 15.4. The van der Waals surface area contributed by atoms with Gasteiger partial charge in [-0.25, -0.2) is 4.39 Å².